The lowest BCUT2D eigenvalue weighted by molar-refractivity contribution is -0.122. The van der Waals surface area contributed by atoms with Gasteiger partial charge >= 0.3 is 6.03 Å². The molecule has 1 aliphatic heterocycles. The van der Waals surface area contributed by atoms with Crippen LogP contribution in [0.3, 0.4) is 0 Å². The highest BCUT2D eigenvalue weighted by atomic mass is 79.9. The minimum absolute atomic E-state index is 0.182. The first-order chi connectivity index (χ1) is 11.9. The van der Waals surface area contributed by atoms with Crippen molar-refractivity contribution in [2.45, 2.75) is 0 Å². The fourth-order valence-corrected chi connectivity index (χ4v) is 2.97. The Morgan fingerprint density at radius 3 is 2.44 bits per heavy atom. The van der Waals surface area contributed by atoms with Gasteiger partial charge in [-0.15, -0.1) is 0 Å². The number of carbonyl (C=O) groups excluding carboxylic acids is 3. The maximum absolute atomic E-state index is 12.7. The molecule has 2 aromatic rings. The highest BCUT2D eigenvalue weighted by molar-refractivity contribution is 9.10. The minimum Gasteiger partial charge on any atom is -0.273 e. The zero-order chi connectivity index (χ0) is 18.1. The summed E-state index contributed by atoms with van der Waals surface area (Å²) in [6.07, 6.45) is 1.36. The van der Waals surface area contributed by atoms with Crippen LogP contribution in [-0.4, -0.2) is 17.8 Å². The maximum Gasteiger partial charge on any atom is 0.335 e. The van der Waals surface area contributed by atoms with Crippen molar-refractivity contribution in [3.8, 4) is 0 Å². The predicted molar refractivity (Wildman–Crippen MR) is 99.6 cm³/mol. The van der Waals surface area contributed by atoms with E-state index in [1.807, 2.05) is 0 Å². The second kappa shape index (κ2) is 7.00. The summed E-state index contributed by atoms with van der Waals surface area (Å²) >= 11 is 15.1. The van der Waals surface area contributed by atoms with Crippen molar-refractivity contribution in [1.82, 2.24) is 5.32 Å². The second-order valence-corrected chi connectivity index (χ2v) is 6.84. The molecule has 1 fully saturated rings. The van der Waals surface area contributed by atoms with Crippen LogP contribution in [-0.2, 0) is 9.59 Å². The van der Waals surface area contributed by atoms with Crippen LogP contribution in [0.5, 0.6) is 0 Å². The first kappa shape index (κ1) is 17.7. The first-order valence-electron chi connectivity index (χ1n) is 6.99. The molecule has 0 bridgehead atoms. The highest BCUT2D eigenvalue weighted by Gasteiger charge is 2.36. The summed E-state index contributed by atoms with van der Waals surface area (Å²) in [5, 5.41) is 2.81. The van der Waals surface area contributed by atoms with E-state index in [-0.39, 0.29) is 5.57 Å². The zero-order valence-electron chi connectivity index (χ0n) is 12.4. The SMILES string of the molecule is O=C1NC(=O)N(c2cccc(Br)c2)C(=O)/C1=C/c1ccc(Cl)c(Cl)c1. The van der Waals surface area contributed by atoms with Crippen LogP contribution in [0.25, 0.3) is 6.08 Å². The number of hydrogen-bond acceptors (Lipinski definition) is 3. The molecule has 1 heterocycles. The molecule has 0 aliphatic carbocycles. The molecule has 0 aromatic heterocycles. The molecule has 0 atom stereocenters. The van der Waals surface area contributed by atoms with Gasteiger partial charge in [0.15, 0.2) is 0 Å². The van der Waals surface area contributed by atoms with Crippen LogP contribution < -0.4 is 10.2 Å². The third-order valence-electron chi connectivity index (χ3n) is 3.42. The molecule has 5 nitrogen and oxygen atoms in total. The number of anilines is 1. The number of hydrogen-bond donors (Lipinski definition) is 1. The Morgan fingerprint density at radius 1 is 1.00 bits per heavy atom. The number of halogens is 3. The molecular formula is C17H9BrCl2N2O3. The monoisotopic (exact) mass is 438 g/mol. The van der Waals surface area contributed by atoms with E-state index in [0.29, 0.717) is 25.8 Å². The van der Waals surface area contributed by atoms with E-state index in [0.717, 1.165) is 4.90 Å². The van der Waals surface area contributed by atoms with Gasteiger partial charge < -0.3 is 0 Å². The molecule has 0 saturated carbocycles. The lowest BCUT2D eigenvalue weighted by atomic mass is 10.1. The third-order valence-corrected chi connectivity index (χ3v) is 4.66. The van der Waals surface area contributed by atoms with E-state index in [1.54, 1.807) is 36.4 Å². The van der Waals surface area contributed by atoms with Crippen LogP contribution in [0.1, 0.15) is 5.56 Å². The van der Waals surface area contributed by atoms with Crippen LogP contribution >= 0.6 is 39.1 Å². The topological polar surface area (TPSA) is 66.5 Å². The normalized spacial score (nSPS) is 16.4. The molecule has 0 spiro atoms. The molecule has 1 N–H and O–H groups in total. The van der Waals surface area contributed by atoms with Gasteiger partial charge in [-0.2, -0.15) is 0 Å². The molecule has 0 unspecified atom stereocenters. The molecule has 8 heteroatoms. The van der Waals surface area contributed by atoms with Crippen LogP contribution in [0.2, 0.25) is 10.0 Å². The molecule has 1 saturated heterocycles. The average Bonchev–Trinajstić information content (AvgIpc) is 2.54. The van der Waals surface area contributed by atoms with E-state index in [2.05, 4.69) is 21.2 Å². The van der Waals surface area contributed by atoms with Crippen LogP contribution in [0.4, 0.5) is 10.5 Å². The van der Waals surface area contributed by atoms with Crippen molar-refractivity contribution in [3.63, 3.8) is 0 Å². The van der Waals surface area contributed by atoms with Gasteiger partial charge in [0.2, 0.25) is 0 Å². The molecule has 25 heavy (non-hydrogen) atoms. The number of imide groups is 2. The zero-order valence-corrected chi connectivity index (χ0v) is 15.5. The van der Waals surface area contributed by atoms with Gasteiger partial charge in [-0.1, -0.05) is 51.3 Å². The molecule has 126 valence electrons. The summed E-state index contributed by atoms with van der Waals surface area (Å²) in [5.41, 5.74) is 0.666. The van der Waals surface area contributed by atoms with E-state index in [4.69, 9.17) is 23.2 Å². The molecule has 2 aromatic carbocycles. The summed E-state index contributed by atoms with van der Waals surface area (Å²) in [6.45, 7) is 0. The van der Waals surface area contributed by atoms with E-state index in [9.17, 15) is 14.4 Å². The summed E-state index contributed by atoms with van der Waals surface area (Å²) in [7, 11) is 0. The fourth-order valence-electron chi connectivity index (χ4n) is 2.28. The van der Waals surface area contributed by atoms with Gasteiger partial charge in [-0.05, 0) is 42.0 Å². The molecule has 0 radical (unpaired) electrons. The van der Waals surface area contributed by atoms with Crippen molar-refractivity contribution >= 4 is 68.7 Å². The van der Waals surface area contributed by atoms with Crippen LogP contribution in [0.15, 0.2) is 52.5 Å². The smallest absolute Gasteiger partial charge is 0.273 e. The minimum atomic E-state index is -0.806. The van der Waals surface area contributed by atoms with E-state index < -0.39 is 17.8 Å². The Morgan fingerprint density at radius 2 is 1.76 bits per heavy atom. The lowest BCUT2D eigenvalue weighted by Gasteiger charge is -2.26. The summed E-state index contributed by atoms with van der Waals surface area (Å²) in [6, 6.07) is 10.5. The Labute approximate surface area is 161 Å². The number of amides is 4. The molecule has 3 rings (SSSR count). The van der Waals surface area contributed by atoms with Gasteiger partial charge in [0.1, 0.15) is 5.57 Å². The summed E-state index contributed by atoms with van der Waals surface area (Å²) < 4.78 is 0.692. The molecule has 4 amide bonds. The average molecular weight is 440 g/mol. The number of urea groups is 1. The van der Waals surface area contributed by atoms with Gasteiger partial charge in [-0.25, -0.2) is 9.69 Å². The van der Waals surface area contributed by atoms with E-state index >= 15 is 0 Å². The number of nitrogens with zero attached hydrogens (tertiary/aromatic N) is 1. The van der Waals surface area contributed by atoms with Crippen molar-refractivity contribution in [3.05, 3.63) is 68.1 Å². The summed E-state index contributed by atoms with van der Waals surface area (Å²) in [4.78, 5) is 37.8. The quantitative estimate of drug-likeness (QED) is 0.556. The number of barbiturate groups is 1. The van der Waals surface area contributed by atoms with Crippen LogP contribution in [0, 0.1) is 0 Å². The third kappa shape index (κ3) is 3.61. The second-order valence-electron chi connectivity index (χ2n) is 5.11. The molecular weight excluding hydrogens is 431 g/mol. The highest BCUT2D eigenvalue weighted by Crippen LogP contribution is 2.27. The van der Waals surface area contributed by atoms with Crippen molar-refractivity contribution < 1.29 is 14.4 Å². The number of nitrogens with one attached hydrogen (secondary N) is 1. The Balaban J connectivity index is 2.03. The van der Waals surface area contributed by atoms with Gasteiger partial charge in [-0.3, -0.25) is 14.9 Å². The van der Waals surface area contributed by atoms with Crippen molar-refractivity contribution in [1.29, 1.82) is 0 Å². The standard InChI is InChI=1S/C17H9BrCl2N2O3/c18-10-2-1-3-11(8-10)22-16(24)12(15(23)21-17(22)25)6-9-4-5-13(19)14(20)7-9/h1-8H,(H,21,23,25)/b12-6+. The molecule has 1 aliphatic rings. The number of carbonyl (C=O) groups is 3. The van der Waals surface area contributed by atoms with Gasteiger partial charge in [0, 0.05) is 4.47 Å². The fraction of sp³-hybridized carbons (Fsp3) is 0. The first-order valence-corrected chi connectivity index (χ1v) is 8.54. The van der Waals surface area contributed by atoms with Crippen molar-refractivity contribution in [2.75, 3.05) is 4.90 Å². The number of benzene rings is 2. The predicted octanol–water partition coefficient (Wildman–Crippen LogP) is 4.42. The number of rotatable bonds is 2. The van der Waals surface area contributed by atoms with Gasteiger partial charge in [0.25, 0.3) is 11.8 Å². The van der Waals surface area contributed by atoms with Gasteiger partial charge in [0.05, 0.1) is 15.7 Å². The maximum atomic E-state index is 12.7. The summed E-state index contributed by atoms with van der Waals surface area (Å²) in [5.74, 6) is -1.50. The van der Waals surface area contributed by atoms with Crippen molar-refractivity contribution in [2.24, 2.45) is 0 Å². The lowest BCUT2D eigenvalue weighted by Crippen LogP contribution is -2.54. The Kier molecular flexibility index (Phi) is 4.94. The Bertz CT molecular complexity index is 943. The largest absolute Gasteiger partial charge is 0.335 e. The Hall–Kier alpha value is -2.15. The van der Waals surface area contributed by atoms with E-state index in [1.165, 1.54) is 12.1 Å².